The highest BCUT2D eigenvalue weighted by Gasteiger charge is 2.36. The van der Waals surface area contributed by atoms with Gasteiger partial charge in [-0.25, -0.2) is 8.42 Å². The fourth-order valence-corrected chi connectivity index (χ4v) is 5.05. The minimum absolute atomic E-state index is 0.139. The Kier molecular flexibility index (Phi) is 5.21. The van der Waals surface area contributed by atoms with E-state index in [9.17, 15) is 8.42 Å². The molecule has 0 saturated carbocycles. The van der Waals surface area contributed by atoms with Gasteiger partial charge in [0.2, 0.25) is 10.0 Å². The van der Waals surface area contributed by atoms with Crippen LogP contribution in [-0.4, -0.2) is 32.9 Å². The first kappa shape index (κ1) is 17.0. The number of hydrogen-bond donors (Lipinski definition) is 1. The standard InChI is InChI=1S/C14H20Cl2N2O2S/c1-9-7-18(8-10(9)2)21(19,20)13-5-4-12(15)11(6-17-3)14(13)16/h4-5,9-10,17H,6-8H2,1-3H3. The summed E-state index contributed by atoms with van der Waals surface area (Å²) in [6.45, 7) is 5.62. The van der Waals surface area contributed by atoms with E-state index < -0.39 is 10.0 Å². The van der Waals surface area contributed by atoms with Crippen molar-refractivity contribution in [1.82, 2.24) is 9.62 Å². The zero-order chi connectivity index (χ0) is 15.8. The maximum Gasteiger partial charge on any atom is 0.244 e. The molecule has 1 heterocycles. The van der Waals surface area contributed by atoms with E-state index in [1.54, 1.807) is 13.1 Å². The van der Waals surface area contributed by atoms with Gasteiger partial charge in [-0.15, -0.1) is 0 Å². The maximum absolute atomic E-state index is 12.8. The first-order valence-corrected chi connectivity index (χ1v) is 9.10. The van der Waals surface area contributed by atoms with E-state index in [0.717, 1.165) is 0 Å². The number of halogens is 2. The average Bonchev–Trinajstić information content (AvgIpc) is 2.75. The van der Waals surface area contributed by atoms with Crippen LogP contribution in [0.1, 0.15) is 19.4 Å². The van der Waals surface area contributed by atoms with Gasteiger partial charge in [0.1, 0.15) is 4.90 Å². The second-order valence-electron chi connectivity index (χ2n) is 5.64. The topological polar surface area (TPSA) is 49.4 Å². The Balaban J connectivity index is 2.44. The van der Waals surface area contributed by atoms with Crippen LogP contribution >= 0.6 is 23.2 Å². The molecule has 1 saturated heterocycles. The Hall–Kier alpha value is -0.330. The van der Waals surface area contributed by atoms with E-state index in [1.807, 2.05) is 0 Å². The molecule has 2 rings (SSSR count). The van der Waals surface area contributed by atoms with Crippen molar-refractivity contribution < 1.29 is 8.42 Å². The number of hydrogen-bond acceptors (Lipinski definition) is 3. The molecule has 1 aromatic rings. The van der Waals surface area contributed by atoms with Gasteiger partial charge in [0.05, 0.1) is 5.02 Å². The highest BCUT2D eigenvalue weighted by molar-refractivity contribution is 7.89. The van der Waals surface area contributed by atoms with Crippen LogP contribution in [0.2, 0.25) is 10.0 Å². The fourth-order valence-electron chi connectivity index (χ4n) is 2.53. The van der Waals surface area contributed by atoms with Gasteiger partial charge in [-0.05, 0) is 31.0 Å². The molecular weight excluding hydrogens is 331 g/mol. The zero-order valence-corrected chi connectivity index (χ0v) is 14.7. The van der Waals surface area contributed by atoms with E-state index in [-0.39, 0.29) is 9.92 Å². The summed E-state index contributed by atoms with van der Waals surface area (Å²) in [5.74, 6) is 0.699. The summed E-state index contributed by atoms with van der Waals surface area (Å²) in [6, 6.07) is 3.09. The molecular formula is C14H20Cl2N2O2S. The highest BCUT2D eigenvalue weighted by atomic mass is 35.5. The van der Waals surface area contributed by atoms with Gasteiger partial charge in [0.25, 0.3) is 0 Å². The zero-order valence-electron chi connectivity index (χ0n) is 12.4. The van der Waals surface area contributed by atoms with Crippen molar-refractivity contribution in [1.29, 1.82) is 0 Å². The van der Waals surface area contributed by atoms with E-state index in [4.69, 9.17) is 23.2 Å². The normalized spacial score (nSPS) is 23.7. The molecule has 7 heteroatoms. The Bertz CT molecular complexity index is 624. The van der Waals surface area contributed by atoms with Crippen molar-refractivity contribution >= 4 is 33.2 Å². The molecule has 1 fully saturated rings. The lowest BCUT2D eigenvalue weighted by Gasteiger charge is -2.19. The van der Waals surface area contributed by atoms with Crippen molar-refractivity contribution in [2.24, 2.45) is 11.8 Å². The molecule has 118 valence electrons. The van der Waals surface area contributed by atoms with Crippen LogP contribution in [0.4, 0.5) is 0 Å². The fraction of sp³-hybridized carbons (Fsp3) is 0.571. The Labute approximate surface area is 136 Å². The molecule has 1 N–H and O–H groups in total. The van der Waals surface area contributed by atoms with Gasteiger partial charge in [-0.2, -0.15) is 4.31 Å². The molecule has 0 spiro atoms. The second-order valence-corrected chi connectivity index (χ2v) is 8.34. The summed E-state index contributed by atoms with van der Waals surface area (Å²) >= 11 is 12.4. The third-order valence-electron chi connectivity index (χ3n) is 4.08. The van der Waals surface area contributed by atoms with Crippen LogP contribution in [0.5, 0.6) is 0 Å². The van der Waals surface area contributed by atoms with Crippen molar-refractivity contribution in [2.75, 3.05) is 20.1 Å². The molecule has 2 unspecified atom stereocenters. The predicted octanol–water partition coefficient (Wildman–Crippen LogP) is 2.99. The minimum atomic E-state index is -3.58. The third-order valence-corrected chi connectivity index (χ3v) is 6.85. The summed E-state index contributed by atoms with van der Waals surface area (Å²) in [7, 11) is -1.82. The van der Waals surface area contributed by atoms with Crippen LogP contribution in [0.25, 0.3) is 0 Å². The first-order chi connectivity index (χ1) is 9.78. The molecule has 4 nitrogen and oxygen atoms in total. The van der Waals surface area contributed by atoms with Crippen LogP contribution in [-0.2, 0) is 16.6 Å². The van der Waals surface area contributed by atoms with E-state index >= 15 is 0 Å². The second kappa shape index (κ2) is 6.42. The SMILES string of the molecule is CNCc1c(Cl)ccc(S(=O)(=O)N2CC(C)C(C)C2)c1Cl. The average molecular weight is 351 g/mol. The van der Waals surface area contributed by atoms with Gasteiger partial charge in [0, 0.05) is 30.2 Å². The lowest BCUT2D eigenvalue weighted by atomic mass is 10.0. The summed E-state index contributed by atoms with van der Waals surface area (Å²) in [6.07, 6.45) is 0. The van der Waals surface area contributed by atoms with E-state index in [2.05, 4.69) is 19.2 Å². The van der Waals surface area contributed by atoms with Crippen LogP contribution in [0.15, 0.2) is 17.0 Å². The number of rotatable bonds is 4. The molecule has 0 bridgehead atoms. The van der Waals surface area contributed by atoms with Gasteiger partial charge in [-0.3, -0.25) is 0 Å². The van der Waals surface area contributed by atoms with Crippen molar-refractivity contribution in [3.63, 3.8) is 0 Å². The lowest BCUT2D eigenvalue weighted by Crippen LogP contribution is -2.29. The first-order valence-electron chi connectivity index (χ1n) is 6.90. The molecule has 2 atom stereocenters. The lowest BCUT2D eigenvalue weighted by molar-refractivity contribution is 0.463. The van der Waals surface area contributed by atoms with Gasteiger partial charge in [0.15, 0.2) is 0 Å². The predicted molar refractivity (Wildman–Crippen MR) is 86.3 cm³/mol. The molecule has 0 amide bonds. The van der Waals surface area contributed by atoms with Crippen LogP contribution in [0, 0.1) is 11.8 Å². The Morgan fingerprint density at radius 2 is 1.81 bits per heavy atom. The summed E-state index contributed by atoms with van der Waals surface area (Å²) < 4.78 is 27.1. The minimum Gasteiger partial charge on any atom is -0.316 e. The molecule has 1 aromatic carbocycles. The Morgan fingerprint density at radius 1 is 1.24 bits per heavy atom. The summed E-state index contributed by atoms with van der Waals surface area (Å²) in [4.78, 5) is 0.139. The number of benzene rings is 1. The smallest absolute Gasteiger partial charge is 0.244 e. The number of nitrogens with zero attached hydrogens (tertiary/aromatic N) is 1. The van der Waals surface area contributed by atoms with Gasteiger partial charge in [-0.1, -0.05) is 37.0 Å². The molecule has 0 aliphatic carbocycles. The largest absolute Gasteiger partial charge is 0.316 e. The van der Waals surface area contributed by atoms with Gasteiger partial charge >= 0.3 is 0 Å². The highest BCUT2D eigenvalue weighted by Crippen LogP contribution is 2.35. The molecule has 1 aliphatic rings. The number of nitrogens with one attached hydrogen (secondary N) is 1. The molecule has 0 aromatic heterocycles. The van der Waals surface area contributed by atoms with Crippen molar-refractivity contribution in [2.45, 2.75) is 25.3 Å². The molecule has 0 radical (unpaired) electrons. The van der Waals surface area contributed by atoms with Crippen LogP contribution < -0.4 is 5.32 Å². The Morgan fingerprint density at radius 3 is 2.33 bits per heavy atom. The van der Waals surface area contributed by atoms with Gasteiger partial charge < -0.3 is 5.32 Å². The quantitative estimate of drug-likeness (QED) is 0.907. The summed E-state index contributed by atoms with van der Waals surface area (Å²) in [5, 5.41) is 3.63. The van der Waals surface area contributed by atoms with Crippen molar-refractivity contribution in [3.05, 3.63) is 27.7 Å². The maximum atomic E-state index is 12.8. The molecule has 21 heavy (non-hydrogen) atoms. The number of sulfonamides is 1. The summed E-state index contributed by atoms with van der Waals surface area (Å²) in [5.41, 5.74) is 0.613. The van der Waals surface area contributed by atoms with Crippen molar-refractivity contribution in [3.8, 4) is 0 Å². The third kappa shape index (κ3) is 3.22. The van der Waals surface area contributed by atoms with E-state index in [0.29, 0.717) is 42.1 Å². The molecule has 1 aliphatic heterocycles. The van der Waals surface area contributed by atoms with E-state index in [1.165, 1.54) is 10.4 Å². The van der Waals surface area contributed by atoms with Crippen LogP contribution in [0.3, 0.4) is 0 Å². The monoisotopic (exact) mass is 350 g/mol.